The molecule has 0 bridgehead atoms. The topological polar surface area (TPSA) is 66.5 Å². The fraction of sp³-hybridized carbons (Fsp3) is 0.550. The van der Waals surface area contributed by atoms with E-state index in [1.807, 2.05) is 30.3 Å². The van der Waals surface area contributed by atoms with Gasteiger partial charge in [0.05, 0.1) is 6.04 Å². The van der Waals surface area contributed by atoms with Crippen LogP contribution in [-0.2, 0) is 9.84 Å². The highest BCUT2D eigenvalue weighted by atomic mass is 32.2. The minimum Gasteiger partial charge on any atom is -0.332 e. The van der Waals surface area contributed by atoms with Crippen molar-refractivity contribution in [1.29, 1.82) is 0 Å². The summed E-state index contributed by atoms with van der Waals surface area (Å²) in [4.78, 5) is 14.5. The van der Waals surface area contributed by atoms with E-state index in [4.69, 9.17) is 0 Å². The fourth-order valence-corrected chi connectivity index (χ4v) is 3.93. The van der Waals surface area contributed by atoms with Gasteiger partial charge in [-0.3, -0.25) is 0 Å². The molecule has 7 heteroatoms. The minimum atomic E-state index is -3.24. The molecule has 2 amide bonds. The van der Waals surface area contributed by atoms with Gasteiger partial charge >= 0.3 is 6.03 Å². The zero-order valence-electron chi connectivity index (χ0n) is 16.4. The molecule has 1 aromatic rings. The number of piperidine rings is 1. The summed E-state index contributed by atoms with van der Waals surface area (Å²) >= 11 is 0. The second-order valence-electron chi connectivity index (χ2n) is 7.80. The fourth-order valence-electron chi connectivity index (χ4n) is 3.41. The third kappa shape index (κ3) is 6.34. The van der Waals surface area contributed by atoms with Gasteiger partial charge in [0.25, 0.3) is 0 Å². The molecule has 27 heavy (non-hydrogen) atoms. The monoisotopic (exact) mass is 396 g/mol. The van der Waals surface area contributed by atoms with Crippen LogP contribution in [0.25, 0.3) is 0 Å². The number of carbonyl (C=O) groups is 1. The summed E-state index contributed by atoms with van der Waals surface area (Å²) in [6, 6.07) is 8.71. The van der Waals surface area contributed by atoms with Gasteiger partial charge in [-0.15, -0.1) is 0 Å². The number of benzene rings is 1. The Morgan fingerprint density at radius 2 is 1.96 bits per heavy atom. The van der Waals surface area contributed by atoms with Crippen LogP contribution in [0.3, 0.4) is 0 Å². The predicted molar refractivity (Wildman–Crippen MR) is 106 cm³/mol. The van der Waals surface area contributed by atoms with Gasteiger partial charge in [-0.25, -0.2) is 17.6 Å². The summed E-state index contributed by atoms with van der Waals surface area (Å²) in [7, 11) is -3.24. The molecule has 1 fully saturated rings. The van der Waals surface area contributed by atoms with Crippen LogP contribution in [0.4, 0.5) is 9.18 Å². The average Bonchev–Trinajstić information content (AvgIpc) is 2.59. The van der Waals surface area contributed by atoms with Gasteiger partial charge in [-0.1, -0.05) is 36.4 Å². The molecule has 1 aromatic carbocycles. The summed E-state index contributed by atoms with van der Waals surface area (Å²) < 4.78 is 37.0. The molecule has 0 aliphatic carbocycles. The van der Waals surface area contributed by atoms with Gasteiger partial charge in [0.15, 0.2) is 9.84 Å². The predicted octanol–water partition coefficient (Wildman–Crippen LogP) is 3.84. The van der Waals surface area contributed by atoms with Crippen LogP contribution in [0.1, 0.15) is 45.2 Å². The Hall–Kier alpha value is -1.89. The number of nitrogens with one attached hydrogen (secondary N) is 1. The van der Waals surface area contributed by atoms with Crippen molar-refractivity contribution in [2.24, 2.45) is 5.92 Å². The molecule has 1 aliphatic heterocycles. The van der Waals surface area contributed by atoms with E-state index >= 15 is 0 Å². The van der Waals surface area contributed by atoms with Crippen LogP contribution in [-0.4, -0.2) is 43.9 Å². The quantitative estimate of drug-likeness (QED) is 0.822. The molecule has 1 N–H and O–H groups in total. The van der Waals surface area contributed by atoms with Crippen LogP contribution >= 0.6 is 0 Å². The number of rotatable bonds is 5. The van der Waals surface area contributed by atoms with Crippen LogP contribution in [0.2, 0.25) is 0 Å². The van der Waals surface area contributed by atoms with Crippen molar-refractivity contribution < 1.29 is 17.6 Å². The molecule has 150 valence electrons. The van der Waals surface area contributed by atoms with Crippen molar-refractivity contribution in [2.45, 2.75) is 51.4 Å². The van der Waals surface area contributed by atoms with Gasteiger partial charge in [-0.2, -0.15) is 0 Å². The summed E-state index contributed by atoms with van der Waals surface area (Å²) in [6.07, 6.45) is 3.69. The number of nitrogens with zero attached hydrogens (tertiary/aromatic N) is 1. The molecule has 0 aromatic heterocycles. The van der Waals surface area contributed by atoms with Crippen LogP contribution in [0, 0.1) is 5.92 Å². The number of halogens is 1. The Morgan fingerprint density at radius 1 is 1.33 bits per heavy atom. The molecule has 1 aliphatic rings. The lowest BCUT2D eigenvalue weighted by Gasteiger charge is -2.43. The Kier molecular flexibility index (Phi) is 6.68. The third-order valence-electron chi connectivity index (χ3n) is 4.98. The normalized spacial score (nSPS) is 22.6. The largest absolute Gasteiger partial charge is 0.332 e. The van der Waals surface area contributed by atoms with Crippen LogP contribution < -0.4 is 5.32 Å². The molecule has 1 saturated heterocycles. The SMILES string of the molecule is CC(/C=C/S(C)(=O)=O)NC(=O)N1CC[C@@H](C(C)(C)F)C[C@H]1c1ccccc1. The Labute approximate surface area is 161 Å². The molecule has 1 unspecified atom stereocenters. The Morgan fingerprint density at radius 3 is 2.52 bits per heavy atom. The molecular formula is C20H29FN2O3S. The lowest BCUT2D eigenvalue weighted by atomic mass is 9.79. The average molecular weight is 397 g/mol. The number of urea groups is 1. The first-order valence-corrected chi connectivity index (χ1v) is 11.1. The van der Waals surface area contributed by atoms with Gasteiger partial charge < -0.3 is 10.2 Å². The number of carbonyl (C=O) groups excluding carboxylic acids is 1. The molecule has 3 atom stereocenters. The van der Waals surface area contributed by atoms with E-state index in [1.54, 1.807) is 25.7 Å². The summed E-state index contributed by atoms with van der Waals surface area (Å²) in [5.41, 5.74) is -0.331. The molecule has 2 rings (SSSR count). The zero-order valence-corrected chi connectivity index (χ0v) is 17.2. The maximum Gasteiger partial charge on any atom is 0.318 e. The van der Waals surface area contributed by atoms with Crippen LogP contribution in [0.5, 0.6) is 0 Å². The van der Waals surface area contributed by atoms with E-state index in [2.05, 4.69) is 5.32 Å². The maximum atomic E-state index is 14.5. The van der Waals surface area contributed by atoms with Crippen LogP contribution in [0.15, 0.2) is 41.8 Å². The number of hydrogen-bond donors (Lipinski definition) is 1. The number of hydrogen-bond acceptors (Lipinski definition) is 3. The van der Waals surface area contributed by atoms with Gasteiger partial charge in [0.2, 0.25) is 0 Å². The van der Waals surface area contributed by atoms with Gasteiger partial charge in [0.1, 0.15) is 5.67 Å². The second-order valence-corrected chi connectivity index (χ2v) is 9.73. The Bertz CT molecular complexity index is 772. The van der Waals surface area contributed by atoms with Crippen molar-refractivity contribution in [3.8, 4) is 0 Å². The molecular weight excluding hydrogens is 367 g/mol. The minimum absolute atomic E-state index is 0.130. The highest BCUT2D eigenvalue weighted by Gasteiger charge is 2.39. The van der Waals surface area contributed by atoms with Crippen molar-refractivity contribution in [1.82, 2.24) is 10.2 Å². The van der Waals surface area contributed by atoms with Gasteiger partial charge in [0, 0.05) is 24.3 Å². The first-order chi connectivity index (χ1) is 12.5. The van der Waals surface area contributed by atoms with E-state index in [-0.39, 0.29) is 18.0 Å². The standard InChI is InChI=1S/C20H29FN2O3S/c1-15(11-13-27(4,25)26)22-19(24)23-12-10-17(20(2,3)21)14-18(23)16-8-6-5-7-9-16/h5-9,11,13,15,17-18H,10,12,14H2,1-4H3,(H,22,24)/b13-11+/t15?,17-,18+/m1/s1. The summed E-state index contributed by atoms with van der Waals surface area (Å²) in [5, 5.41) is 3.91. The number of likely N-dealkylation sites (tertiary alicyclic amines) is 1. The number of alkyl halides is 1. The molecule has 1 heterocycles. The number of sulfone groups is 1. The second kappa shape index (κ2) is 8.42. The highest BCUT2D eigenvalue weighted by molar-refractivity contribution is 7.93. The van der Waals surface area contributed by atoms with E-state index < -0.39 is 21.5 Å². The van der Waals surface area contributed by atoms with E-state index in [1.165, 1.54) is 6.08 Å². The lowest BCUT2D eigenvalue weighted by molar-refractivity contribution is 0.0436. The molecule has 0 spiro atoms. The van der Waals surface area contributed by atoms with Gasteiger partial charge in [-0.05, 0) is 45.1 Å². The first kappa shape index (κ1) is 21.4. The maximum absolute atomic E-state index is 14.5. The molecule has 0 radical (unpaired) electrons. The van der Waals surface area contributed by atoms with Crippen molar-refractivity contribution in [3.63, 3.8) is 0 Å². The highest BCUT2D eigenvalue weighted by Crippen LogP contribution is 2.40. The van der Waals surface area contributed by atoms with E-state index in [0.29, 0.717) is 19.4 Å². The first-order valence-electron chi connectivity index (χ1n) is 9.16. The zero-order chi connectivity index (χ0) is 20.2. The van der Waals surface area contributed by atoms with Crippen molar-refractivity contribution in [2.75, 3.05) is 12.8 Å². The lowest BCUT2D eigenvalue weighted by Crippen LogP contribution is -2.50. The molecule has 5 nitrogen and oxygen atoms in total. The summed E-state index contributed by atoms with van der Waals surface area (Å²) in [5.74, 6) is -0.130. The van der Waals surface area contributed by atoms with Crippen molar-refractivity contribution in [3.05, 3.63) is 47.4 Å². The summed E-state index contributed by atoms with van der Waals surface area (Å²) in [6.45, 7) is 5.35. The van der Waals surface area contributed by atoms with E-state index in [9.17, 15) is 17.6 Å². The third-order valence-corrected chi connectivity index (χ3v) is 5.64. The number of amides is 2. The smallest absolute Gasteiger partial charge is 0.318 e. The Balaban J connectivity index is 2.17. The van der Waals surface area contributed by atoms with Crippen molar-refractivity contribution >= 4 is 15.9 Å². The molecule has 0 saturated carbocycles. The van der Waals surface area contributed by atoms with E-state index in [0.717, 1.165) is 17.2 Å².